The Hall–Kier alpha value is -3.00. The van der Waals surface area contributed by atoms with Gasteiger partial charge in [-0.3, -0.25) is 14.4 Å². The first-order chi connectivity index (χ1) is 16.1. The van der Waals surface area contributed by atoms with E-state index >= 15 is 0 Å². The molecule has 6 atom stereocenters. The number of fused-ring (bicyclic) bond motifs is 1. The van der Waals surface area contributed by atoms with Gasteiger partial charge in [-0.05, 0) is 23.8 Å². The largest absolute Gasteiger partial charge is 0.477 e. The number of carboxylic acid groups (broad SMARTS) is 1. The van der Waals surface area contributed by atoms with Crippen LogP contribution >= 0.6 is 11.8 Å². The molecule has 3 aliphatic rings. The molecule has 0 radical (unpaired) electrons. The highest BCUT2D eigenvalue weighted by Crippen LogP contribution is 2.51. The molecule has 3 N–H and O–H groups in total. The Morgan fingerprint density at radius 1 is 1.38 bits per heavy atom. The first-order valence-electron chi connectivity index (χ1n) is 11.0. The summed E-state index contributed by atoms with van der Waals surface area (Å²) in [5.41, 5.74) is 0.0124. The maximum absolute atomic E-state index is 13.0. The first-order valence-corrected chi connectivity index (χ1v) is 11.9. The van der Waals surface area contributed by atoms with Gasteiger partial charge in [0.25, 0.3) is 0 Å². The van der Waals surface area contributed by atoms with E-state index in [4.69, 9.17) is 0 Å². The van der Waals surface area contributed by atoms with Crippen LogP contribution in [-0.4, -0.2) is 103 Å². The SMILES string of the molecule is C[C@@H](NC(=O)Cn1cnnn1)[C@H]1C(=O)N2C(C(=O)O)=C(S[C@@H]3CN[C@H](C(=O)N(C)C)C3)[C@H](C)[C@H]12. The summed E-state index contributed by atoms with van der Waals surface area (Å²) >= 11 is 1.43. The summed E-state index contributed by atoms with van der Waals surface area (Å²) in [4.78, 5) is 53.3. The molecule has 14 heteroatoms. The van der Waals surface area contributed by atoms with Crippen molar-refractivity contribution in [1.29, 1.82) is 0 Å². The van der Waals surface area contributed by atoms with E-state index in [1.165, 1.54) is 32.6 Å². The Morgan fingerprint density at radius 3 is 2.74 bits per heavy atom. The predicted molar refractivity (Wildman–Crippen MR) is 120 cm³/mol. The van der Waals surface area contributed by atoms with Crippen LogP contribution in [0.4, 0.5) is 0 Å². The Morgan fingerprint density at radius 2 is 2.12 bits per heavy atom. The van der Waals surface area contributed by atoms with E-state index in [2.05, 4.69) is 26.2 Å². The van der Waals surface area contributed by atoms with Crippen molar-refractivity contribution in [3.05, 3.63) is 16.9 Å². The van der Waals surface area contributed by atoms with Gasteiger partial charge in [-0.1, -0.05) is 6.92 Å². The summed E-state index contributed by atoms with van der Waals surface area (Å²) in [5, 5.41) is 26.6. The lowest BCUT2D eigenvalue weighted by molar-refractivity contribution is -0.158. The predicted octanol–water partition coefficient (Wildman–Crippen LogP) is -1.50. The van der Waals surface area contributed by atoms with Crippen molar-refractivity contribution in [1.82, 2.24) is 40.6 Å². The summed E-state index contributed by atoms with van der Waals surface area (Å²) in [6.07, 6.45) is 1.90. The second-order valence-electron chi connectivity index (χ2n) is 9.06. The second kappa shape index (κ2) is 9.33. The molecule has 184 valence electrons. The summed E-state index contributed by atoms with van der Waals surface area (Å²) in [5.74, 6) is -2.56. The zero-order valence-electron chi connectivity index (χ0n) is 19.3. The maximum Gasteiger partial charge on any atom is 0.353 e. The first kappa shape index (κ1) is 24.1. The number of aromatic nitrogens is 4. The van der Waals surface area contributed by atoms with E-state index in [1.807, 2.05) is 6.92 Å². The number of carboxylic acids is 1. The number of hydrogen-bond acceptors (Lipinski definition) is 9. The van der Waals surface area contributed by atoms with Gasteiger partial charge in [-0.15, -0.1) is 16.9 Å². The molecule has 4 rings (SSSR count). The monoisotopic (exact) mass is 492 g/mol. The lowest BCUT2D eigenvalue weighted by Gasteiger charge is -2.47. The summed E-state index contributed by atoms with van der Waals surface area (Å²) in [7, 11) is 3.40. The van der Waals surface area contributed by atoms with Crippen LogP contribution < -0.4 is 10.6 Å². The van der Waals surface area contributed by atoms with E-state index in [9.17, 15) is 24.3 Å². The highest BCUT2D eigenvalue weighted by Gasteiger charge is 2.60. The minimum atomic E-state index is -1.15. The molecule has 0 bridgehead atoms. The highest BCUT2D eigenvalue weighted by molar-refractivity contribution is 8.03. The smallest absolute Gasteiger partial charge is 0.353 e. The molecule has 3 aliphatic heterocycles. The van der Waals surface area contributed by atoms with Crippen molar-refractivity contribution in [2.24, 2.45) is 11.8 Å². The Bertz CT molecular complexity index is 1030. The maximum atomic E-state index is 13.0. The lowest BCUT2D eigenvalue weighted by atomic mass is 9.78. The number of β-lactam (4-membered cyclic amide) rings is 1. The third kappa shape index (κ3) is 4.27. The average molecular weight is 493 g/mol. The third-order valence-electron chi connectivity index (χ3n) is 6.54. The second-order valence-corrected chi connectivity index (χ2v) is 10.4. The molecular formula is C20H28N8O5S. The molecule has 4 heterocycles. The van der Waals surface area contributed by atoms with E-state index in [0.717, 1.165) is 0 Å². The number of nitrogens with zero attached hydrogens (tertiary/aromatic N) is 6. The number of nitrogens with one attached hydrogen (secondary N) is 2. The van der Waals surface area contributed by atoms with Crippen molar-refractivity contribution in [2.45, 2.75) is 50.2 Å². The fraction of sp³-hybridized carbons (Fsp3) is 0.650. The molecule has 0 unspecified atom stereocenters. The Labute approximate surface area is 200 Å². The van der Waals surface area contributed by atoms with Gasteiger partial charge >= 0.3 is 5.97 Å². The van der Waals surface area contributed by atoms with Crippen molar-refractivity contribution >= 4 is 35.5 Å². The number of likely N-dealkylation sites (N-methyl/N-ethyl adjacent to an activating group) is 1. The molecule has 34 heavy (non-hydrogen) atoms. The van der Waals surface area contributed by atoms with Crippen molar-refractivity contribution in [2.75, 3.05) is 20.6 Å². The summed E-state index contributed by atoms with van der Waals surface area (Å²) in [6.45, 7) is 4.15. The number of rotatable bonds is 8. The molecular weight excluding hydrogens is 464 g/mol. The number of thioether (sulfide) groups is 1. The van der Waals surface area contributed by atoms with Crippen LogP contribution in [0.3, 0.4) is 0 Å². The Kier molecular flexibility index (Phi) is 6.62. The van der Waals surface area contributed by atoms with Crippen LogP contribution in [0.25, 0.3) is 0 Å². The normalized spacial score (nSPS) is 29.0. The van der Waals surface area contributed by atoms with Crippen molar-refractivity contribution < 1.29 is 24.3 Å². The van der Waals surface area contributed by atoms with Gasteiger partial charge in [0.2, 0.25) is 17.7 Å². The molecule has 1 aromatic rings. The molecule has 3 amide bonds. The summed E-state index contributed by atoms with van der Waals surface area (Å²) < 4.78 is 1.28. The zero-order chi connectivity index (χ0) is 24.7. The quantitative estimate of drug-likeness (QED) is 0.364. The van der Waals surface area contributed by atoms with E-state index < -0.39 is 17.9 Å². The van der Waals surface area contributed by atoms with E-state index in [-0.39, 0.29) is 53.2 Å². The van der Waals surface area contributed by atoms with Crippen molar-refractivity contribution in [3.8, 4) is 0 Å². The van der Waals surface area contributed by atoms with Gasteiger partial charge in [0.15, 0.2) is 0 Å². The average Bonchev–Trinajstić information content (AvgIpc) is 3.48. The molecule has 2 saturated heterocycles. The number of carbonyl (C=O) groups is 4. The van der Waals surface area contributed by atoms with Crippen LogP contribution in [0.5, 0.6) is 0 Å². The van der Waals surface area contributed by atoms with Crippen LogP contribution in [0.1, 0.15) is 20.3 Å². The number of tetrazole rings is 1. The standard InChI is InChI=1S/C20H28N8O5S/c1-9-15-14(10(2)23-13(29)7-27-8-22-24-25-27)19(31)28(15)16(20(32)33)17(9)34-11-5-12(21-6-11)18(30)26(3)4/h8-12,14-15,21H,5-7H2,1-4H3,(H,23,29)(H,32,33)/t9-,10-,11+,12+,14-,15-/m1/s1. The molecule has 0 spiro atoms. The summed E-state index contributed by atoms with van der Waals surface area (Å²) in [6, 6.07) is -1.15. The fourth-order valence-electron chi connectivity index (χ4n) is 4.96. The lowest BCUT2D eigenvalue weighted by Crippen LogP contribution is -2.66. The molecule has 1 aromatic heterocycles. The molecule has 13 nitrogen and oxygen atoms in total. The van der Waals surface area contributed by atoms with E-state index in [0.29, 0.717) is 17.9 Å². The third-order valence-corrected chi connectivity index (χ3v) is 8.05. The molecule has 2 fully saturated rings. The van der Waals surface area contributed by atoms with Crippen LogP contribution in [0.2, 0.25) is 0 Å². The van der Waals surface area contributed by atoms with Gasteiger partial charge in [-0.25, -0.2) is 9.48 Å². The van der Waals surface area contributed by atoms with Gasteiger partial charge in [0.05, 0.1) is 18.0 Å². The fourth-order valence-corrected chi connectivity index (χ4v) is 6.44. The number of amides is 3. The van der Waals surface area contributed by atoms with Crippen molar-refractivity contribution in [3.63, 3.8) is 0 Å². The topological polar surface area (TPSA) is 163 Å². The highest BCUT2D eigenvalue weighted by atomic mass is 32.2. The number of carbonyl (C=O) groups excluding carboxylic acids is 3. The number of hydrogen-bond donors (Lipinski definition) is 3. The van der Waals surface area contributed by atoms with Gasteiger partial charge in [-0.2, -0.15) is 0 Å². The van der Waals surface area contributed by atoms with Gasteiger partial charge < -0.3 is 25.5 Å². The van der Waals surface area contributed by atoms with Crippen LogP contribution in [0, 0.1) is 11.8 Å². The van der Waals surface area contributed by atoms with Crippen LogP contribution in [-0.2, 0) is 25.7 Å². The van der Waals surface area contributed by atoms with E-state index in [1.54, 1.807) is 21.0 Å². The van der Waals surface area contributed by atoms with Crippen LogP contribution in [0.15, 0.2) is 16.9 Å². The minimum Gasteiger partial charge on any atom is -0.477 e. The molecule has 0 aliphatic carbocycles. The zero-order valence-corrected chi connectivity index (χ0v) is 20.2. The molecule has 0 saturated carbocycles. The van der Waals surface area contributed by atoms with Gasteiger partial charge in [0.1, 0.15) is 18.6 Å². The van der Waals surface area contributed by atoms with Gasteiger partial charge in [0, 0.05) is 42.8 Å². The number of aliphatic carboxylic acids is 1. The molecule has 0 aromatic carbocycles. The minimum absolute atomic E-state index is 0.0124. The Balaban J connectivity index is 1.44.